The number of anilines is 1. The highest BCUT2D eigenvalue weighted by Crippen LogP contribution is 2.20. The summed E-state index contributed by atoms with van der Waals surface area (Å²) in [6.45, 7) is 2.94. The number of hydrogen-bond donors (Lipinski definition) is 1. The van der Waals surface area contributed by atoms with Crippen molar-refractivity contribution in [1.82, 2.24) is 5.32 Å². The van der Waals surface area contributed by atoms with Crippen molar-refractivity contribution in [2.45, 2.75) is 25.7 Å². The highest BCUT2D eigenvalue weighted by Gasteiger charge is 2.10. The van der Waals surface area contributed by atoms with Crippen molar-refractivity contribution in [2.75, 3.05) is 24.5 Å². The van der Waals surface area contributed by atoms with Crippen LogP contribution in [0.15, 0.2) is 48.5 Å². The van der Waals surface area contributed by atoms with Gasteiger partial charge < -0.3 is 10.2 Å². The Balaban J connectivity index is 1.49. The first-order valence-corrected chi connectivity index (χ1v) is 8.98. The SMILES string of the molecule is O=C(NCCc1ccc(N2CCCCC2)cc1)c1cccc(Cl)c1. The number of nitrogens with zero attached hydrogens (tertiary/aromatic N) is 1. The first-order valence-electron chi connectivity index (χ1n) is 8.60. The Labute approximate surface area is 148 Å². The molecule has 0 spiro atoms. The molecule has 2 aromatic carbocycles. The summed E-state index contributed by atoms with van der Waals surface area (Å²) >= 11 is 5.91. The van der Waals surface area contributed by atoms with E-state index >= 15 is 0 Å². The fourth-order valence-electron chi connectivity index (χ4n) is 3.08. The number of carbonyl (C=O) groups is 1. The summed E-state index contributed by atoms with van der Waals surface area (Å²) in [5.41, 5.74) is 3.14. The Morgan fingerprint density at radius 1 is 1.04 bits per heavy atom. The number of halogens is 1. The summed E-state index contributed by atoms with van der Waals surface area (Å²) in [6, 6.07) is 15.7. The number of hydrogen-bond acceptors (Lipinski definition) is 2. The van der Waals surface area contributed by atoms with Gasteiger partial charge in [-0.05, 0) is 61.6 Å². The molecule has 1 saturated heterocycles. The molecule has 0 radical (unpaired) electrons. The summed E-state index contributed by atoms with van der Waals surface area (Å²) < 4.78 is 0. The van der Waals surface area contributed by atoms with E-state index in [1.165, 1.54) is 30.5 Å². The lowest BCUT2D eigenvalue weighted by Crippen LogP contribution is -2.29. The molecule has 0 bridgehead atoms. The Hall–Kier alpha value is -2.00. The molecule has 0 saturated carbocycles. The molecule has 3 nitrogen and oxygen atoms in total. The van der Waals surface area contributed by atoms with Gasteiger partial charge in [0.25, 0.3) is 5.91 Å². The summed E-state index contributed by atoms with van der Waals surface area (Å²) in [7, 11) is 0. The van der Waals surface area contributed by atoms with Crippen LogP contribution in [0.2, 0.25) is 5.02 Å². The third-order valence-corrected chi connectivity index (χ3v) is 4.68. The van der Waals surface area contributed by atoms with Crippen molar-refractivity contribution in [3.8, 4) is 0 Å². The van der Waals surface area contributed by atoms with Crippen molar-refractivity contribution >= 4 is 23.2 Å². The fourth-order valence-corrected chi connectivity index (χ4v) is 3.27. The molecule has 1 aliphatic heterocycles. The zero-order valence-electron chi connectivity index (χ0n) is 13.8. The van der Waals surface area contributed by atoms with E-state index in [0.717, 1.165) is 19.5 Å². The quantitative estimate of drug-likeness (QED) is 0.878. The van der Waals surface area contributed by atoms with E-state index < -0.39 is 0 Å². The van der Waals surface area contributed by atoms with Crippen LogP contribution >= 0.6 is 11.6 Å². The van der Waals surface area contributed by atoms with E-state index in [9.17, 15) is 4.79 Å². The van der Waals surface area contributed by atoms with Gasteiger partial charge in [0.2, 0.25) is 0 Å². The van der Waals surface area contributed by atoms with Crippen LogP contribution in [0.4, 0.5) is 5.69 Å². The summed E-state index contributed by atoms with van der Waals surface area (Å²) in [5.74, 6) is -0.0811. The third-order valence-electron chi connectivity index (χ3n) is 4.44. The number of carbonyl (C=O) groups excluding carboxylic acids is 1. The second-order valence-corrected chi connectivity index (χ2v) is 6.67. The van der Waals surface area contributed by atoms with Gasteiger partial charge in [0.1, 0.15) is 0 Å². The number of rotatable bonds is 5. The van der Waals surface area contributed by atoms with Crippen LogP contribution in [0, 0.1) is 0 Å². The normalized spacial score (nSPS) is 14.5. The van der Waals surface area contributed by atoms with Crippen LogP contribution in [0.5, 0.6) is 0 Å². The van der Waals surface area contributed by atoms with Gasteiger partial charge in [0.15, 0.2) is 0 Å². The van der Waals surface area contributed by atoms with Crippen LogP contribution < -0.4 is 10.2 Å². The molecule has 0 atom stereocenters. The zero-order chi connectivity index (χ0) is 16.8. The van der Waals surface area contributed by atoms with E-state index in [0.29, 0.717) is 17.1 Å². The molecule has 0 unspecified atom stereocenters. The maximum absolute atomic E-state index is 12.1. The molecule has 4 heteroatoms. The maximum Gasteiger partial charge on any atom is 0.251 e. The van der Waals surface area contributed by atoms with Gasteiger partial charge in [0.05, 0.1) is 0 Å². The highest BCUT2D eigenvalue weighted by molar-refractivity contribution is 6.30. The van der Waals surface area contributed by atoms with E-state index in [-0.39, 0.29) is 5.91 Å². The third kappa shape index (κ3) is 4.51. The average molecular weight is 343 g/mol. The largest absolute Gasteiger partial charge is 0.372 e. The van der Waals surface area contributed by atoms with Crippen molar-refractivity contribution in [3.63, 3.8) is 0 Å². The van der Waals surface area contributed by atoms with Gasteiger partial charge >= 0.3 is 0 Å². The summed E-state index contributed by atoms with van der Waals surface area (Å²) in [6.07, 6.45) is 4.75. The Morgan fingerprint density at radius 3 is 2.50 bits per heavy atom. The first kappa shape index (κ1) is 16.8. The van der Waals surface area contributed by atoms with Crippen LogP contribution in [-0.4, -0.2) is 25.5 Å². The molecule has 1 aliphatic rings. The van der Waals surface area contributed by atoms with E-state index in [4.69, 9.17) is 11.6 Å². The smallest absolute Gasteiger partial charge is 0.251 e. The first-order chi connectivity index (χ1) is 11.7. The molecule has 2 aromatic rings. The minimum Gasteiger partial charge on any atom is -0.372 e. The minimum atomic E-state index is -0.0811. The maximum atomic E-state index is 12.1. The molecule has 1 heterocycles. The molecule has 1 fully saturated rings. The van der Waals surface area contributed by atoms with Gasteiger partial charge in [-0.15, -0.1) is 0 Å². The van der Waals surface area contributed by atoms with Gasteiger partial charge in [-0.2, -0.15) is 0 Å². The summed E-state index contributed by atoms with van der Waals surface area (Å²) in [5, 5.41) is 3.52. The highest BCUT2D eigenvalue weighted by atomic mass is 35.5. The van der Waals surface area contributed by atoms with E-state index in [1.807, 2.05) is 0 Å². The predicted octanol–water partition coefficient (Wildman–Crippen LogP) is 4.30. The topological polar surface area (TPSA) is 32.3 Å². The molecular weight excluding hydrogens is 320 g/mol. The number of piperidine rings is 1. The lowest BCUT2D eigenvalue weighted by Gasteiger charge is -2.28. The van der Waals surface area contributed by atoms with Crippen LogP contribution in [0.1, 0.15) is 35.2 Å². The monoisotopic (exact) mass is 342 g/mol. The fraction of sp³-hybridized carbons (Fsp3) is 0.350. The lowest BCUT2D eigenvalue weighted by molar-refractivity contribution is 0.0954. The molecule has 1 N–H and O–H groups in total. The Morgan fingerprint density at radius 2 is 1.79 bits per heavy atom. The standard InChI is InChI=1S/C20H23ClN2O/c21-18-6-4-5-17(15-18)20(24)22-12-11-16-7-9-19(10-8-16)23-13-2-1-3-14-23/h4-10,15H,1-3,11-14H2,(H,22,24). The van der Waals surface area contributed by atoms with Crippen LogP contribution in [0.3, 0.4) is 0 Å². The number of nitrogens with one attached hydrogen (secondary N) is 1. The second kappa shape index (κ2) is 8.20. The lowest BCUT2D eigenvalue weighted by atomic mass is 10.1. The van der Waals surface area contributed by atoms with Crippen molar-refractivity contribution < 1.29 is 4.79 Å². The molecule has 0 aliphatic carbocycles. The molecule has 126 valence electrons. The molecule has 24 heavy (non-hydrogen) atoms. The van der Waals surface area contributed by atoms with Gasteiger partial charge in [-0.1, -0.05) is 29.8 Å². The van der Waals surface area contributed by atoms with Crippen molar-refractivity contribution in [3.05, 3.63) is 64.7 Å². The molecular formula is C20H23ClN2O. The number of benzene rings is 2. The Bertz CT molecular complexity index is 678. The second-order valence-electron chi connectivity index (χ2n) is 6.23. The van der Waals surface area contributed by atoms with Crippen molar-refractivity contribution in [1.29, 1.82) is 0 Å². The van der Waals surface area contributed by atoms with Crippen LogP contribution in [0.25, 0.3) is 0 Å². The van der Waals surface area contributed by atoms with Crippen molar-refractivity contribution in [2.24, 2.45) is 0 Å². The van der Waals surface area contributed by atoms with E-state index in [1.54, 1.807) is 24.3 Å². The van der Waals surface area contributed by atoms with Gasteiger partial charge in [0, 0.05) is 35.9 Å². The zero-order valence-corrected chi connectivity index (χ0v) is 14.6. The molecule has 0 aromatic heterocycles. The van der Waals surface area contributed by atoms with Gasteiger partial charge in [-0.3, -0.25) is 4.79 Å². The average Bonchev–Trinajstić information content (AvgIpc) is 2.63. The summed E-state index contributed by atoms with van der Waals surface area (Å²) in [4.78, 5) is 14.5. The van der Waals surface area contributed by atoms with Gasteiger partial charge in [-0.25, -0.2) is 0 Å². The molecule has 3 rings (SSSR count). The predicted molar refractivity (Wildman–Crippen MR) is 100.0 cm³/mol. The number of amides is 1. The minimum absolute atomic E-state index is 0.0811. The Kier molecular flexibility index (Phi) is 5.76. The molecule has 1 amide bonds. The van der Waals surface area contributed by atoms with E-state index in [2.05, 4.69) is 34.5 Å². The van der Waals surface area contributed by atoms with Crippen LogP contribution in [-0.2, 0) is 6.42 Å².